The number of nitrogens with zero attached hydrogens (tertiary/aromatic N) is 4. The number of aliphatic hydroxyl groups excluding tert-OH is 1. The van der Waals surface area contributed by atoms with Crippen molar-refractivity contribution in [1.82, 2.24) is 14.1 Å². The van der Waals surface area contributed by atoms with Gasteiger partial charge in [-0.1, -0.05) is 0 Å². The lowest BCUT2D eigenvalue weighted by Crippen LogP contribution is -2.45. The second-order valence-electron chi connectivity index (χ2n) is 5.71. The van der Waals surface area contributed by atoms with Crippen LogP contribution in [0, 0.1) is 0 Å². The summed E-state index contributed by atoms with van der Waals surface area (Å²) in [6.45, 7) is -0.0511. The molecule has 0 bridgehead atoms. The molecule has 4 N–H and O–H groups in total. The normalized spacial score (nSPS) is 11.5. The minimum Gasteiger partial charge on any atom is -0.508 e. The van der Waals surface area contributed by atoms with Gasteiger partial charge in [-0.2, -0.15) is 5.43 Å². The van der Waals surface area contributed by atoms with Gasteiger partial charge in [-0.15, -0.1) is 5.10 Å². The lowest BCUT2D eigenvalue weighted by atomic mass is 10.2. The summed E-state index contributed by atoms with van der Waals surface area (Å²) in [4.78, 5) is 27.5. The van der Waals surface area contributed by atoms with E-state index in [2.05, 4.69) is 15.5 Å². The number of aromatic nitrogens is 4. The van der Waals surface area contributed by atoms with Crippen molar-refractivity contribution < 1.29 is 14.8 Å². The number of nitrogens with one attached hydrogen (secondary N) is 2. The van der Waals surface area contributed by atoms with Gasteiger partial charge < -0.3 is 10.2 Å². The fraction of sp³-hybridized carbons (Fsp3) is 0.250. The number of phenols is 1. The summed E-state index contributed by atoms with van der Waals surface area (Å²) in [5, 5.41) is 22.7. The van der Waals surface area contributed by atoms with Crippen LogP contribution in [0.25, 0.3) is 11.2 Å². The van der Waals surface area contributed by atoms with Crippen molar-refractivity contribution in [3.63, 3.8) is 0 Å². The molecule has 10 heteroatoms. The fourth-order valence-corrected chi connectivity index (χ4v) is 2.64. The molecule has 0 fully saturated rings. The number of hydrazone groups is 1. The quantitative estimate of drug-likeness (QED) is 0.264. The summed E-state index contributed by atoms with van der Waals surface area (Å²) >= 11 is 0. The molecule has 0 aliphatic carbocycles. The van der Waals surface area contributed by atoms with E-state index in [1.54, 1.807) is 19.2 Å². The molecule has 136 valence electrons. The highest BCUT2D eigenvalue weighted by atomic mass is 16.3. The number of phenolic OH excluding ortho intramolecular Hbond substituents is 1. The maximum Gasteiger partial charge on any atom is 0.381 e. The molecule has 1 aromatic carbocycles. The molecule has 0 aliphatic heterocycles. The molecule has 0 aliphatic rings. The number of aromatic hydroxyl groups is 1. The average Bonchev–Trinajstić information content (AvgIpc) is 2.99. The zero-order valence-corrected chi connectivity index (χ0v) is 14.3. The summed E-state index contributed by atoms with van der Waals surface area (Å²) < 4.78 is 3.86. The monoisotopic (exact) mass is 359 g/mol. The van der Waals surface area contributed by atoms with Crippen LogP contribution in [0.5, 0.6) is 5.75 Å². The van der Waals surface area contributed by atoms with Gasteiger partial charge in [-0.3, -0.25) is 13.9 Å². The first-order chi connectivity index (χ1) is 12.4. The Bertz CT molecular complexity index is 1090. The highest BCUT2D eigenvalue weighted by molar-refractivity contribution is 5.80. The molecular weight excluding hydrogens is 340 g/mol. The van der Waals surface area contributed by atoms with E-state index >= 15 is 0 Å². The van der Waals surface area contributed by atoms with Gasteiger partial charge in [0, 0.05) is 14.1 Å². The second kappa shape index (κ2) is 6.84. The molecular formula is C16H19N6O4+. The number of anilines is 1. The van der Waals surface area contributed by atoms with Crippen LogP contribution >= 0.6 is 0 Å². The summed E-state index contributed by atoms with van der Waals surface area (Å²) in [7, 11) is 2.95. The van der Waals surface area contributed by atoms with Gasteiger partial charge >= 0.3 is 11.6 Å². The Labute approximate surface area is 147 Å². The third-order valence-electron chi connectivity index (χ3n) is 4.02. The molecule has 0 saturated carbocycles. The number of aryl methyl sites for hydroxylation is 1. The second-order valence-corrected chi connectivity index (χ2v) is 5.71. The summed E-state index contributed by atoms with van der Waals surface area (Å²) in [5.74, 6) is 0.505. The first-order valence-electron chi connectivity index (χ1n) is 7.84. The molecule has 0 amide bonds. The van der Waals surface area contributed by atoms with Gasteiger partial charge in [0.15, 0.2) is 0 Å². The first kappa shape index (κ1) is 17.4. The molecule has 3 aromatic rings. The number of aromatic amines is 1. The number of rotatable bonds is 5. The van der Waals surface area contributed by atoms with Gasteiger partial charge in [-0.25, -0.2) is 14.3 Å². The predicted molar refractivity (Wildman–Crippen MR) is 95.4 cm³/mol. The highest BCUT2D eigenvalue weighted by Gasteiger charge is 2.23. The molecule has 0 saturated heterocycles. The Morgan fingerprint density at radius 1 is 1.23 bits per heavy atom. The van der Waals surface area contributed by atoms with E-state index in [1.165, 1.54) is 34.5 Å². The van der Waals surface area contributed by atoms with Crippen molar-refractivity contribution in [2.45, 2.75) is 6.54 Å². The van der Waals surface area contributed by atoms with Crippen molar-refractivity contribution >= 4 is 23.3 Å². The molecule has 0 spiro atoms. The molecule has 10 nitrogen and oxygen atoms in total. The van der Waals surface area contributed by atoms with Crippen LogP contribution in [-0.4, -0.2) is 37.2 Å². The van der Waals surface area contributed by atoms with E-state index in [4.69, 9.17) is 0 Å². The zero-order chi connectivity index (χ0) is 18.8. The Kier molecular flexibility index (Phi) is 4.59. The van der Waals surface area contributed by atoms with Crippen molar-refractivity contribution in [3.8, 4) is 5.75 Å². The number of imidazole rings is 1. The maximum atomic E-state index is 12.5. The smallest absolute Gasteiger partial charge is 0.381 e. The lowest BCUT2D eigenvalue weighted by Gasteiger charge is -2.02. The summed E-state index contributed by atoms with van der Waals surface area (Å²) in [6, 6.07) is 6.45. The van der Waals surface area contributed by atoms with Gasteiger partial charge in [-0.05, 0) is 29.8 Å². The minimum atomic E-state index is -0.469. The summed E-state index contributed by atoms with van der Waals surface area (Å²) in [5.41, 5.74) is 3.19. The van der Waals surface area contributed by atoms with Crippen LogP contribution in [0.3, 0.4) is 0 Å². The van der Waals surface area contributed by atoms with E-state index in [1.807, 2.05) is 0 Å². The SMILES string of the molecule is Cn1c(=O)c2c([nH]c(N/N=C/c3ccc(O)cc3)[n+]2CCO)n(C)c1=O. The molecule has 2 heterocycles. The van der Waals surface area contributed by atoms with Crippen molar-refractivity contribution in [2.24, 2.45) is 19.2 Å². The van der Waals surface area contributed by atoms with E-state index < -0.39 is 11.2 Å². The van der Waals surface area contributed by atoms with Crippen LogP contribution in [0.4, 0.5) is 5.95 Å². The van der Waals surface area contributed by atoms with E-state index in [0.717, 1.165) is 10.1 Å². The Morgan fingerprint density at radius 3 is 2.58 bits per heavy atom. The Balaban J connectivity index is 2.05. The largest absolute Gasteiger partial charge is 0.508 e. The van der Waals surface area contributed by atoms with Crippen molar-refractivity contribution in [2.75, 3.05) is 12.0 Å². The van der Waals surface area contributed by atoms with Crippen molar-refractivity contribution in [1.29, 1.82) is 0 Å². The zero-order valence-electron chi connectivity index (χ0n) is 14.3. The fourth-order valence-electron chi connectivity index (χ4n) is 2.64. The molecule has 0 atom stereocenters. The van der Waals surface area contributed by atoms with E-state index in [0.29, 0.717) is 11.6 Å². The Hall–Kier alpha value is -3.40. The van der Waals surface area contributed by atoms with Gasteiger partial charge in [0.2, 0.25) is 11.2 Å². The first-order valence-corrected chi connectivity index (χ1v) is 7.84. The molecule has 26 heavy (non-hydrogen) atoms. The van der Waals surface area contributed by atoms with E-state index in [9.17, 15) is 19.8 Å². The molecule has 3 rings (SSSR count). The van der Waals surface area contributed by atoms with Gasteiger partial charge in [0.1, 0.15) is 5.75 Å². The number of aliphatic hydroxyl groups is 1. The van der Waals surface area contributed by atoms with Crippen LogP contribution < -0.4 is 21.2 Å². The predicted octanol–water partition coefficient (Wildman–Crippen LogP) is -1.00. The topological polar surface area (TPSA) is 129 Å². The van der Waals surface area contributed by atoms with Crippen LogP contribution in [-0.2, 0) is 20.6 Å². The third-order valence-corrected chi connectivity index (χ3v) is 4.02. The number of benzene rings is 1. The maximum absolute atomic E-state index is 12.5. The van der Waals surface area contributed by atoms with E-state index in [-0.39, 0.29) is 24.4 Å². The standard InChI is InChI=1S/C16H18N6O4/c1-20-13-12(14(25)21(2)16(20)26)22(7-8-23)15(18-13)19-17-9-10-3-5-11(24)6-4-10/h3-6,9,23H,7-8H2,1-2H3,(H2,17,18,19,24,25)/p+1. The molecule has 0 radical (unpaired) electrons. The highest BCUT2D eigenvalue weighted by Crippen LogP contribution is 2.09. The van der Waals surface area contributed by atoms with Crippen LogP contribution in [0.2, 0.25) is 0 Å². The van der Waals surface area contributed by atoms with Crippen LogP contribution in [0.1, 0.15) is 5.56 Å². The number of hydrogen-bond donors (Lipinski definition) is 4. The average molecular weight is 359 g/mol. The summed E-state index contributed by atoms with van der Waals surface area (Å²) in [6.07, 6.45) is 1.53. The Morgan fingerprint density at radius 2 is 1.92 bits per heavy atom. The lowest BCUT2D eigenvalue weighted by molar-refractivity contribution is -0.659. The van der Waals surface area contributed by atoms with Gasteiger partial charge in [0.25, 0.3) is 5.56 Å². The van der Waals surface area contributed by atoms with Crippen LogP contribution in [0.15, 0.2) is 39.0 Å². The minimum absolute atomic E-state index is 0.143. The number of H-pyrrole nitrogens is 1. The molecule has 0 unspecified atom stereocenters. The number of hydrogen-bond acceptors (Lipinski definition) is 6. The number of fused-ring (bicyclic) bond motifs is 1. The third kappa shape index (κ3) is 2.97. The molecule has 2 aromatic heterocycles. The van der Waals surface area contributed by atoms with Gasteiger partial charge in [0.05, 0.1) is 19.4 Å². The van der Waals surface area contributed by atoms with Crippen molar-refractivity contribution in [3.05, 3.63) is 50.7 Å².